The third-order valence-electron chi connectivity index (χ3n) is 5.17. The summed E-state index contributed by atoms with van der Waals surface area (Å²) in [6.45, 7) is 3.60. The first-order chi connectivity index (χ1) is 16.6. The number of carbonyl (C=O) groups is 2. The van der Waals surface area contributed by atoms with Gasteiger partial charge in [-0.25, -0.2) is 9.97 Å². The molecule has 10 heteroatoms. The summed E-state index contributed by atoms with van der Waals surface area (Å²) in [6, 6.07) is 12.7. The number of nitrogens with zero attached hydrogens (tertiary/aromatic N) is 3. The second-order valence-electron chi connectivity index (χ2n) is 8.14. The molecule has 0 fully saturated rings. The van der Waals surface area contributed by atoms with Gasteiger partial charge in [-0.05, 0) is 48.0 Å². The van der Waals surface area contributed by atoms with Crippen molar-refractivity contribution in [3.63, 3.8) is 0 Å². The number of nitrogens with one attached hydrogen (secondary N) is 1. The summed E-state index contributed by atoms with van der Waals surface area (Å²) in [6.07, 6.45) is -1.54. The first kappa shape index (κ1) is 23.9. The number of halogens is 3. The van der Waals surface area contributed by atoms with Crippen LogP contribution in [0.15, 0.2) is 67.1 Å². The van der Waals surface area contributed by atoms with Crippen LogP contribution in [0, 0.1) is 5.92 Å². The van der Waals surface area contributed by atoms with E-state index in [0.29, 0.717) is 28.0 Å². The number of carbonyl (C=O) groups excluding carboxylic acids is 2. The highest BCUT2D eigenvalue weighted by atomic mass is 19.4. The van der Waals surface area contributed by atoms with Crippen molar-refractivity contribution in [2.75, 3.05) is 5.32 Å². The molecule has 0 unspecified atom stereocenters. The highest BCUT2D eigenvalue weighted by Crippen LogP contribution is 2.30. The molecule has 4 rings (SSSR count). The summed E-state index contributed by atoms with van der Waals surface area (Å²) >= 11 is 0. The molecule has 180 valence electrons. The Labute approximate surface area is 198 Å². The highest BCUT2D eigenvalue weighted by Gasteiger charge is 2.30. The Kier molecular flexibility index (Phi) is 6.54. The van der Waals surface area contributed by atoms with E-state index in [-0.39, 0.29) is 30.0 Å². The predicted octanol–water partition coefficient (Wildman–Crippen LogP) is 5.72. The van der Waals surface area contributed by atoms with Gasteiger partial charge in [0.25, 0.3) is 0 Å². The molecule has 35 heavy (non-hydrogen) atoms. The van der Waals surface area contributed by atoms with Crippen molar-refractivity contribution in [2.45, 2.75) is 26.4 Å². The van der Waals surface area contributed by atoms with E-state index in [1.54, 1.807) is 50.4 Å². The Balaban J connectivity index is 1.41. The largest absolute Gasteiger partial charge is 0.438 e. The number of hydrogen-bond donors (Lipinski definition) is 1. The highest BCUT2D eigenvalue weighted by molar-refractivity contribution is 5.93. The normalized spacial score (nSPS) is 11.6. The number of amides is 1. The summed E-state index contributed by atoms with van der Waals surface area (Å²) in [5.74, 6) is 0.0677. The molecule has 0 atom stereocenters. The molecule has 0 saturated heterocycles. The molecule has 0 saturated carbocycles. The van der Waals surface area contributed by atoms with Crippen molar-refractivity contribution in [1.29, 1.82) is 0 Å². The van der Waals surface area contributed by atoms with Crippen LogP contribution < -0.4 is 10.1 Å². The summed E-state index contributed by atoms with van der Waals surface area (Å²) in [4.78, 5) is 33.0. The first-order valence-corrected chi connectivity index (χ1v) is 10.7. The number of ether oxygens (including phenoxy) is 1. The van der Waals surface area contributed by atoms with Gasteiger partial charge >= 0.3 is 6.18 Å². The van der Waals surface area contributed by atoms with Crippen molar-refractivity contribution < 1.29 is 27.5 Å². The van der Waals surface area contributed by atoms with Crippen LogP contribution in [-0.2, 0) is 17.4 Å². The fraction of sp³-hybridized carbons (Fsp3) is 0.200. The van der Waals surface area contributed by atoms with Gasteiger partial charge in [0.15, 0.2) is 5.65 Å². The summed E-state index contributed by atoms with van der Waals surface area (Å²) in [7, 11) is 0. The number of benzene rings is 2. The Bertz CT molecular complexity index is 1360. The van der Waals surface area contributed by atoms with E-state index in [2.05, 4.69) is 15.3 Å². The van der Waals surface area contributed by atoms with Crippen LogP contribution in [-0.4, -0.2) is 26.3 Å². The van der Waals surface area contributed by atoms with Gasteiger partial charge in [0.2, 0.25) is 17.7 Å². The fourth-order valence-electron chi connectivity index (χ4n) is 3.39. The number of alkyl halides is 3. The van der Waals surface area contributed by atoms with E-state index in [4.69, 9.17) is 4.74 Å². The summed E-state index contributed by atoms with van der Waals surface area (Å²) < 4.78 is 45.3. The minimum absolute atomic E-state index is 0.0681. The molecule has 0 spiro atoms. The van der Waals surface area contributed by atoms with Gasteiger partial charge in [-0.3, -0.25) is 14.2 Å². The van der Waals surface area contributed by atoms with Crippen molar-refractivity contribution in [3.8, 4) is 11.6 Å². The van der Waals surface area contributed by atoms with Crippen LogP contribution in [0.3, 0.4) is 0 Å². The average molecular weight is 482 g/mol. The van der Waals surface area contributed by atoms with Gasteiger partial charge in [0.05, 0.1) is 17.4 Å². The maximum Gasteiger partial charge on any atom is 0.416 e. The molecule has 0 aliphatic rings. The molecule has 0 aliphatic carbocycles. The van der Waals surface area contributed by atoms with Crippen LogP contribution >= 0.6 is 0 Å². The van der Waals surface area contributed by atoms with Crippen LogP contribution in [0.5, 0.6) is 11.6 Å². The Morgan fingerprint density at radius 2 is 1.69 bits per heavy atom. The topological polar surface area (TPSA) is 86.1 Å². The molecule has 1 amide bonds. The molecule has 7 nitrogen and oxygen atoms in total. The third-order valence-corrected chi connectivity index (χ3v) is 5.17. The molecule has 2 heterocycles. The number of aromatic nitrogens is 3. The monoisotopic (exact) mass is 482 g/mol. The molecular weight excluding hydrogens is 461 g/mol. The maximum absolute atomic E-state index is 12.7. The number of rotatable bonds is 6. The Morgan fingerprint density at radius 1 is 1.00 bits per heavy atom. The second-order valence-corrected chi connectivity index (χ2v) is 8.14. The van der Waals surface area contributed by atoms with Crippen LogP contribution in [0.25, 0.3) is 11.0 Å². The maximum atomic E-state index is 12.7. The number of fused-ring (bicyclic) bond motifs is 1. The van der Waals surface area contributed by atoms with E-state index in [9.17, 15) is 22.8 Å². The standard InChI is InChI=1S/C25H21F3N4O3/c1-15(2)24(34)32-12-11-20-22(32)29-14-30-23(20)35-19-9-7-18(8-10-19)31-21(33)13-16-3-5-17(6-4-16)25(26,27)28/h3-12,14-15H,13H2,1-2H3,(H,31,33). The zero-order valence-corrected chi connectivity index (χ0v) is 18.8. The van der Waals surface area contributed by atoms with E-state index in [0.717, 1.165) is 12.1 Å². The van der Waals surface area contributed by atoms with Gasteiger partial charge in [0.1, 0.15) is 12.1 Å². The van der Waals surface area contributed by atoms with E-state index in [1.807, 2.05) is 0 Å². The SMILES string of the molecule is CC(C)C(=O)n1ccc2c(Oc3ccc(NC(=O)Cc4ccc(C(F)(F)F)cc4)cc3)ncnc21. The lowest BCUT2D eigenvalue weighted by atomic mass is 10.1. The molecule has 2 aromatic carbocycles. The fourth-order valence-corrected chi connectivity index (χ4v) is 3.39. The lowest BCUT2D eigenvalue weighted by Gasteiger charge is -2.10. The van der Waals surface area contributed by atoms with Crippen molar-refractivity contribution in [1.82, 2.24) is 14.5 Å². The van der Waals surface area contributed by atoms with Gasteiger partial charge in [0, 0.05) is 17.8 Å². The Morgan fingerprint density at radius 3 is 2.31 bits per heavy atom. The molecule has 1 N–H and O–H groups in total. The molecule has 2 aromatic heterocycles. The van der Waals surface area contributed by atoms with Gasteiger partial charge < -0.3 is 10.1 Å². The molecular formula is C25H21F3N4O3. The van der Waals surface area contributed by atoms with Crippen LogP contribution in [0.1, 0.15) is 29.8 Å². The Hall–Kier alpha value is -4.21. The second kappa shape index (κ2) is 9.57. The zero-order valence-electron chi connectivity index (χ0n) is 18.8. The van der Waals surface area contributed by atoms with Gasteiger partial charge in [-0.15, -0.1) is 0 Å². The average Bonchev–Trinajstić information content (AvgIpc) is 3.24. The van der Waals surface area contributed by atoms with Gasteiger partial charge in [-0.1, -0.05) is 26.0 Å². The van der Waals surface area contributed by atoms with E-state index < -0.39 is 11.7 Å². The lowest BCUT2D eigenvalue weighted by molar-refractivity contribution is -0.137. The quantitative estimate of drug-likeness (QED) is 0.380. The molecule has 0 aliphatic heterocycles. The summed E-state index contributed by atoms with van der Waals surface area (Å²) in [5.41, 5.74) is 0.643. The molecule has 0 bridgehead atoms. The predicted molar refractivity (Wildman–Crippen MR) is 123 cm³/mol. The smallest absolute Gasteiger partial charge is 0.416 e. The summed E-state index contributed by atoms with van der Waals surface area (Å²) in [5, 5.41) is 3.28. The van der Waals surface area contributed by atoms with Crippen molar-refractivity contribution >= 4 is 28.5 Å². The zero-order chi connectivity index (χ0) is 25.2. The van der Waals surface area contributed by atoms with Crippen LogP contribution in [0.4, 0.5) is 18.9 Å². The third kappa shape index (κ3) is 5.48. The van der Waals surface area contributed by atoms with E-state index in [1.165, 1.54) is 23.0 Å². The minimum Gasteiger partial charge on any atom is -0.438 e. The van der Waals surface area contributed by atoms with Gasteiger partial charge in [-0.2, -0.15) is 13.2 Å². The number of hydrogen-bond acceptors (Lipinski definition) is 5. The van der Waals surface area contributed by atoms with E-state index >= 15 is 0 Å². The number of anilines is 1. The van der Waals surface area contributed by atoms with Crippen molar-refractivity contribution in [3.05, 3.63) is 78.2 Å². The molecule has 4 aromatic rings. The minimum atomic E-state index is -4.42. The lowest BCUT2D eigenvalue weighted by Crippen LogP contribution is -2.16. The van der Waals surface area contributed by atoms with Crippen molar-refractivity contribution in [2.24, 2.45) is 5.92 Å². The molecule has 0 radical (unpaired) electrons. The first-order valence-electron chi connectivity index (χ1n) is 10.7. The van der Waals surface area contributed by atoms with Crippen LogP contribution in [0.2, 0.25) is 0 Å².